The largest absolute Gasteiger partial charge is 1.00 e. The van der Waals surface area contributed by atoms with Crippen LogP contribution >= 0.6 is 15.2 Å². The summed E-state index contributed by atoms with van der Waals surface area (Å²) in [7, 11) is -9.77. The SMILES string of the molecule is C/C(=C\COP(=O)([O-])CP(=O)([O-])[O-])CO.[Na+].[Na+].[Na+]. The molecule has 0 aromatic carbocycles. The fourth-order valence-corrected chi connectivity index (χ4v) is 2.94. The summed E-state index contributed by atoms with van der Waals surface area (Å²) in [6.07, 6.45) is 1.27. The number of aliphatic hydroxyl groups is 1. The van der Waals surface area contributed by atoms with Crippen LogP contribution in [0.25, 0.3) is 0 Å². The fraction of sp³-hybridized carbons (Fsp3) is 0.667. The molecule has 0 aromatic rings. The molecule has 0 aliphatic carbocycles. The van der Waals surface area contributed by atoms with E-state index in [1.165, 1.54) is 13.0 Å². The zero-order valence-electron chi connectivity index (χ0n) is 11.0. The van der Waals surface area contributed by atoms with Crippen LogP contribution in [0.3, 0.4) is 0 Å². The van der Waals surface area contributed by atoms with E-state index in [-0.39, 0.29) is 95.3 Å². The normalized spacial score (nSPS) is 14.6. The summed E-state index contributed by atoms with van der Waals surface area (Å²) in [5.41, 5.74) is 0.474. The quantitative estimate of drug-likeness (QED) is 0.291. The van der Waals surface area contributed by atoms with Crippen LogP contribution in [-0.4, -0.2) is 24.2 Å². The Morgan fingerprint density at radius 1 is 1.22 bits per heavy atom. The van der Waals surface area contributed by atoms with Gasteiger partial charge in [-0.2, -0.15) is 0 Å². The Morgan fingerprint density at radius 2 is 1.67 bits per heavy atom. The fourth-order valence-electron chi connectivity index (χ4n) is 0.611. The monoisotopic (exact) mass is 326 g/mol. The molecule has 0 amide bonds. The molecule has 0 heterocycles. The summed E-state index contributed by atoms with van der Waals surface area (Å²) >= 11 is 0. The van der Waals surface area contributed by atoms with Gasteiger partial charge in [0.2, 0.25) is 0 Å². The van der Waals surface area contributed by atoms with Crippen molar-refractivity contribution in [2.75, 3.05) is 19.1 Å². The second-order valence-corrected chi connectivity index (χ2v) is 6.70. The third-order valence-electron chi connectivity index (χ3n) is 1.30. The minimum Gasteiger partial charge on any atom is -0.810 e. The summed E-state index contributed by atoms with van der Waals surface area (Å²) in [5, 5.41) is 8.54. The second-order valence-electron chi connectivity index (χ2n) is 2.87. The van der Waals surface area contributed by atoms with Crippen molar-refractivity contribution in [3.63, 3.8) is 0 Å². The first kappa shape index (κ1) is 29.1. The predicted octanol–water partition coefficient (Wildman–Crippen LogP) is -10.6. The van der Waals surface area contributed by atoms with Crippen LogP contribution in [-0.2, 0) is 13.7 Å². The first-order valence-electron chi connectivity index (χ1n) is 3.88. The Labute approximate surface area is 172 Å². The van der Waals surface area contributed by atoms with E-state index < -0.39 is 27.7 Å². The molecule has 0 fully saturated rings. The van der Waals surface area contributed by atoms with Gasteiger partial charge in [0, 0.05) is 5.90 Å². The van der Waals surface area contributed by atoms with Crippen LogP contribution in [0, 0.1) is 0 Å². The van der Waals surface area contributed by atoms with Gasteiger partial charge in [-0.1, -0.05) is 13.7 Å². The van der Waals surface area contributed by atoms with Gasteiger partial charge in [-0.25, -0.2) is 0 Å². The van der Waals surface area contributed by atoms with E-state index in [9.17, 15) is 23.8 Å². The molecule has 90 valence electrons. The van der Waals surface area contributed by atoms with Gasteiger partial charge in [0.1, 0.15) is 7.60 Å². The zero-order chi connectivity index (χ0) is 12.1. The van der Waals surface area contributed by atoms with E-state index in [1.54, 1.807) is 0 Å². The van der Waals surface area contributed by atoms with Crippen molar-refractivity contribution in [3.8, 4) is 0 Å². The van der Waals surface area contributed by atoms with Crippen LogP contribution in [0.1, 0.15) is 6.92 Å². The summed E-state index contributed by atoms with van der Waals surface area (Å²) in [6, 6.07) is 0. The van der Waals surface area contributed by atoms with Crippen molar-refractivity contribution in [1.82, 2.24) is 0 Å². The van der Waals surface area contributed by atoms with E-state index in [0.29, 0.717) is 5.57 Å². The minimum absolute atomic E-state index is 0. The first-order valence-corrected chi connectivity index (χ1v) is 7.34. The Kier molecular flexibility index (Phi) is 22.0. The Balaban J connectivity index is -0.000000327. The number of hydrogen-bond acceptors (Lipinski definition) is 7. The maximum atomic E-state index is 10.9. The summed E-state index contributed by atoms with van der Waals surface area (Å²) in [6.45, 7) is 0.881. The smallest absolute Gasteiger partial charge is 0.810 e. The Morgan fingerprint density at radius 3 is 2.00 bits per heavy atom. The van der Waals surface area contributed by atoms with E-state index in [4.69, 9.17) is 5.11 Å². The van der Waals surface area contributed by atoms with Crippen LogP contribution in [0.15, 0.2) is 11.6 Å². The average molecular weight is 326 g/mol. The molecule has 1 unspecified atom stereocenters. The van der Waals surface area contributed by atoms with E-state index >= 15 is 0 Å². The third-order valence-corrected chi connectivity index (χ3v) is 4.61. The molecule has 0 rings (SSSR count). The van der Waals surface area contributed by atoms with Crippen LogP contribution in [0.2, 0.25) is 0 Å². The molecule has 1 atom stereocenters. The molecular formula is C6H11Na3O7P2. The second kappa shape index (κ2) is 13.6. The molecule has 0 saturated carbocycles. The van der Waals surface area contributed by atoms with E-state index in [1.807, 2.05) is 0 Å². The van der Waals surface area contributed by atoms with Crippen molar-refractivity contribution in [1.29, 1.82) is 0 Å². The minimum atomic E-state index is -5.13. The topological polar surface area (TPSA) is 133 Å². The van der Waals surface area contributed by atoms with Crippen molar-refractivity contribution in [2.24, 2.45) is 0 Å². The molecule has 7 nitrogen and oxygen atoms in total. The van der Waals surface area contributed by atoms with Gasteiger partial charge in [0.05, 0.1) is 13.2 Å². The van der Waals surface area contributed by atoms with Crippen LogP contribution in [0.5, 0.6) is 0 Å². The molecule has 0 aliphatic heterocycles. The Hall–Kier alpha value is 3.00. The van der Waals surface area contributed by atoms with Gasteiger partial charge in [-0.3, -0.25) is 0 Å². The number of hydrogen-bond donors (Lipinski definition) is 1. The molecule has 1 N–H and O–H groups in total. The van der Waals surface area contributed by atoms with Crippen LogP contribution in [0.4, 0.5) is 0 Å². The maximum absolute atomic E-state index is 10.9. The molecular weight excluding hydrogens is 315 g/mol. The molecule has 0 saturated heterocycles. The summed E-state index contributed by atoms with van der Waals surface area (Å²) in [5.74, 6) is -1.54. The van der Waals surface area contributed by atoms with Gasteiger partial charge >= 0.3 is 88.7 Å². The summed E-state index contributed by atoms with van der Waals surface area (Å²) < 4.78 is 25.2. The molecule has 0 radical (unpaired) electrons. The molecule has 18 heavy (non-hydrogen) atoms. The zero-order valence-corrected chi connectivity index (χ0v) is 18.8. The summed E-state index contributed by atoms with van der Waals surface area (Å²) in [4.78, 5) is 31.2. The number of aliphatic hydroxyl groups excluding tert-OH is 1. The van der Waals surface area contributed by atoms with Crippen molar-refractivity contribution >= 4 is 15.2 Å². The van der Waals surface area contributed by atoms with Crippen molar-refractivity contribution in [3.05, 3.63) is 11.6 Å². The molecule has 0 aliphatic rings. The third kappa shape index (κ3) is 19.0. The maximum Gasteiger partial charge on any atom is 1.00 e. The van der Waals surface area contributed by atoms with Gasteiger partial charge in [-0.15, -0.1) is 0 Å². The predicted molar refractivity (Wildman–Crippen MR) is 46.9 cm³/mol. The number of rotatable bonds is 6. The van der Waals surface area contributed by atoms with Crippen molar-refractivity contribution < 1.29 is 122 Å². The van der Waals surface area contributed by atoms with Crippen LogP contribution < -0.4 is 103 Å². The van der Waals surface area contributed by atoms with Gasteiger partial charge in [0.25, 0.3) is 0 Å². The van der Waals surface area contributed by atoms with E-state index in [2.05, 4.69) is 4.52 Å². The van der Waals surface area contributed by atoms with Gasteiger partial charge < -0.3 is 33.4 Å². The molecule has 0 spiro atoms. The van der Waals surface area contributed by atoms with Crippen molar-refractivity contribution in [2.45, 2.75) is 6.92 Å². The molecule has 12 heteroatoms. The standard InChI is InChI=1S/C6H14O7P2.3Na/c1-6(4-7)2-3-13-15(11,12)5-14(8,9)10;;;/h2,7H,3-5H2,1H3,(H,11,12)(H2,8,9,10);;;/q;3*+1/p-3/b6-2+;;;. The Bertz CT molecular complexity index is 329. The first-order chi connectivity index (χ1) is 6.66. The van der Waals surface area contributed by atoms with E-state index in [0.717, 1.165) is 0 Å². The molecule has 0 aromatic heterocycles. The average Bonchev–Trinajstić information content (AvgIpc) is 1.98. The van der Waals surface area contributed by atoms with Gasteiger partial charge in [-0.05, 0) is 12.5 Å². The molecule has 0 bridgehead atoms. The van der Waals surface area contributed by atoms with Gasteiger partial charge in [0.15, 0.2) is 0 Å².